The number of rotatable bonds is 6. The van der Waals surface area contributed by atoms with Crippen molar-refractivity contribution in [2.24, 2.45) is 5.41 Å². The van der Waals surface area contributed by atoms with Gasteiger partial charge in [-0.15, -0.1) is 0 Å². The molecule has 0 spiro atoms. The van der Waals surface area contributed by atoms with Gasteiger partial charge in [0.05, 0.1) is 5.52 Å². The molecule has 5 nitrogen and oxygen atoms in total. The second-order valence-corrected chi connectivity index (χ2v) is 7.91. The first-order valence-corrected chi connectivity index (χ1v) is 8.78. The van der Waals surface area contributed by atoms with Gasteiger partial charge in [-0.25, -0.2) is 4.98 Å². The van der Waals surface area contributed by atoms with Crippen LogP contribution in [0.3, 0.4) is 0 Å². The second-order valence-electron chi connectivity index (χ2n) is 7.91. The zero-order chi connectivity index (χ0) is 17.3. The first-order chi connectivity index (χ1) is 11.4. The summed E-state index contributed by atoms with van der Waals surface area (Å²) in [7, 11) is 0. The number of nitrogens with zero attached hydrogens (tertiary/aromatic N) is 3. The third-order valence-electron chi connectivity index (χ3n) is 4.26. The van der Waals surface area contributed by atoms with Gasteiger partial charge in [-0.3, -0.25) is 4.79 Å². The zero-order valence-corrected chi connectivity index (χ0v) is 14.8. The van der Waals surface area contributed by atoms with Gasteiger partial charge in [-0.1, -0.05) is 26.8 Å². The summed E-state index contributed by atoms with van der Waals surface area (Å²) in [4.78, 5) is 19.7. The van der Waals surface area contributed by atoms with Crippen molar-refractivity contribution in [2.45, 2.75) is 46.0 Å². The number of aliphatic hydroxyl groups is 1. The molecule has 2 aromatic rings. The van der Waals surface area contributed by atoms with Crippen LogP contribution in [0.4, 0.5) is 0 Å². The molecular weight excluding hydrogens is 302 g/mol. The molecule has 0 atom stereocenters. The highest BCUT2D eigenvalue weighted by Crippen LogP contribution is 2.40. The van der Waals surface area contributed by atoms with E-state index in [1.165, 1.54) is 0 Å². The maximum absolute atomic E-state index is 13.2. The first-order valence-electron chi connectivity index (χ1n) is 8.78. The molecule has 1 N–H and O–H groups in total. The molecule has 0 aromatic carbocycles. The molecular formula is C19H27N3O2. The minimum absolute atomic E-state index is 0.0000224. The van der Waals surface area contributed by atoms with Crippen molar-refractivity contribution in [1.29, 1.82) is 0 Å². The second kappa shape index (κ2) is 6.55. The molecule has 0 aliphatic heterocycles. The van der Waals surface area contributed by atoms with Crippen LogP contribution >= 0.6 is 0 Å². The van der Waals surface area contributed by atoms with Gasteiger partial charge < -0.3 is 14.4 Å². The molecule has 1 aliphatic carbocycles. The van der Waals surface area contributed by atoms with Gasteiger partial charge >= 0.3 is 0 Å². The van der Waals surface area contributed by atoms with E-state index in [0.717, 1.165) is 24.2 Å². The van der Waals surface area contributed by atoms with Gasteiger partial charge in [0, 0.05) is 31.8 Å². The van der Waals surface area contributed by atoms with Gasteiger partial charge in [0.2, 0.25) is 0 Å². The lowest BCUT2D eigenvalue weighted by molar-refractivity contribution is 0.0679. The number of amides is 1. The molecule has 24 heavy (non-hydrogen) atoms. The lowest BCUT2D eigenvalue weighted by atomic mass is 9.95. The van der Waals surface area contributed by atoms with Crippen LogP contribution in [-0.2, 0) is 0 Å². The Hall–Kier alpha value is -1.88. The largest absolute Gasteiger partial charge is 0.396 e. The summed E-state index contributed by atoms with van der Waals surface area (Å²) in [6, 6.07) is 5.90. The summed E-state index contributed by atoms with van der Waals surface area (Å²) in [5.74, 6) is 1.45. The van der Waals surface area contributed by atoms with Gasteiger partial charge in [-0.2, -0.15) is 0 Å². The molecule has 0 saturated heterocycles. The van der Waals surface area contributed by atoms with E-state index in [2.05, 4.69) is 25.2 Å². The quantitative estimate of drug-likeness (QED) is 0.886. The highest BCUT2D eigenvalue weighted by atomic mass is 16.3. The number of carbonyl (C=O) groups excluding carboxylic acids is 1. The Morgan fingerprint density at radius 1 is 1.38 bits per heavy atom. The smallest absolute Gasteiger partial charge is 0.274 e. The average Bonchev–Trinajstić information content (AvgIpc) is 3.30. The summed E-state index contributed by atoms with van der Waals surface area (Å²) < 4.78 is 2.06. The van der Waals surface area contributed by atoms with Crippen molar-refractivity contribution in [2.75, 3.05) is 19.7 Å². The van der Waals surface area contributed by atoms with Crippen LogP contribution in [0.25, 0.3) is 5.52 Å². The predicted molar refractivity (Wildman–Crippen MR) is 94.2 cm³/mol. The fraction of sp³-hybridized carbons (Fsp3) is 0.579. The van der Waals surface area contributed by atoms with Crippen molar-refractivity contribution in [3.63, 3.8) is 0 Å². The third-order valence-corrected chi connectivity index (χ3v) is 4.26. The van der Waals surface area contributed by atoms with Crippen molar-refractivity contribution in [1.82, 2.24) is 14.3 Å². The van der Waals surface area contributed by atoms with Crippen LogP contribution in [0.2, 0.25) is 0 Å². The Labute approximate surface area is 143 Å². The van der Waals surface area contributed by atoms with E-state index in [4.69, 9.17) is 10.1 Å². The fourth-order valence-electron chi connectivity index (χ4n) is 3.08. The first kappa shape index (κ1) is 17.0. The van der Waals surface area contributed by atoms with E-state index in [0.29, 0.717) is 31.1 Å². The molecule has 1 saturated carbocycles. The highest BCUT2D eigenvalue weighted by molar-refractivity contribution is 5.99. The van der Waals surface area contributed by atoms with Gasteiger partial charge in [-0.05, 0) is 36.8 Å². The molecule has 130 valence electrons. The van der Waals surface area contributed by atoms with Crippen LogP contribution in [0.1, 0.15) is 62.3 Å². The summed E-state index contributed by atoms with van der Waals surface area (Å²) in [6.45, 7) is 7.65. The van der Waals surface area contributed by atoms with E-state index in [1.807, 2.05) is 29.3 Å². The van der Waals surface area contributed by atoms with Crippen molar-refractivity contribution >= 4 is 11.4 Å². The molecule has 1 amide bonds. The van der Waals surface area contributed by atoms with Crippen LogP contribution in [0.5, 0.6) is 0 Å². The normalized spacial score (nSPS) is 15.0. The number of fused-ring (bicyclic) bond motifs is 1. The van der Waals surface area contributed by atoms with Gasteiger partial charge in [0.15, 0.2) is 5.69 Å². The lowest BCUT2D eigenvalue weighted by Gasteiger charge is -2.29. The van der Waals surface area contributed by atoms with E-state index in [-0.39, 0.29) is 17.9 Å². The summed E-state index contributed by atoms with van der Waals surface area (Å²) >= 11 is 0. The number of aliphatic hydroxyl groups excluding tert-OH is 1. The SMILES string of the molecule is CC(C)(C)CN(CCCO)C(=O)c1nc(C2CC2)n2ccccc12. The molecule has 2 heterocycles. The number of carbonyl (C=O) groups is 1. The van der Waals surface area contributed by atoms with Crippen LogP contribution < -0.4 is 0 Å². The Bertz CT molecular complexity index is 726. The topological polar surface area (TPSA) is 57.8 Å². The van der Waals surface area contributed by atoms with Gasteiger partial charge in [0.1, 0.15) is 5.82 Å². The Morgan fingerprint density at radius 3 is 2.75 bits per heavy atom. The van der Waals surface area contributed by atoms with Crippen LogP contribution in [-0.4, -0.2) is 45.0 Å². The van der Waals surface area contributed by atoms with Crippen LogP contribution in [0.15, 0.2) is 24.4 Å². The number of hydrogen-bond donors (Lipinski definition) is 1. The summed E-state index contributed by atoms with van der Waals surface area (Å²) in [5.41, 5.74) is 1.42. The van der Waals surface area contributed by atoms with E-state index in [9.17, 15) is 4.79 Å². The maximum Gasteiger partial charge on any atom is 0.274 e. The molecule has 1 aliphatic rings. The summed E-state index contributed by atoms with van der Waals surface area (Å²) in [5, 5.41) is 9.17. The monoisotopic (exact) mass is 329 g/mol. The summed E-state index contributed by atoms with van der Waals surface area (Å²) in [6.07, 6.45) is 4.88. The van der Waals surface area contributed by atoms with Crippen LogP contribution in [0, 0.1) is 5.41 Å². The zero-order valence-electron chi connectivity index (χ0n) is 14.8. The predicted octanol–water partition coefficient (Wildman–Crippen LogP) is 3.08. The number of pyridine rings is 1. The molecule has 2 aromatic heterocycles. The van der Waals surface area contributed by atoms with E-state index >= 15 is 0 Å². The Morgan fingerprint density at radius 2 is 2.12 bits per heavy atom. The third kappa shape index (κ3) is 3.61. The molecule has 0 bridgehead atoms. The molecule has 3 rings (SSSR count). The molecule has 1 fully saturated rings. The maximum atomic E-state index is 13.2. The molecule has 0 unspecified atom stereocenters. The molecule has 0 radical (unpaired) electrons. The van der Waals surface area contributed by atoms with Gasteiger partial charge in [0.25, 0.3) is 5.91 Å². The van der Waals surface area contributed by atoms with E-state index in [1.54, 1.807) is 0 Å². The number of aromatic nitrogens is 2. The van der Waals surface area contributed by atoms with Crippen molar-refractivity contribution in [3.05, 3.63) is 35.9 Å². The Balaban J connectivity index is 1.96. The standard InChI is InChI=1S/C19H27N3O2/c1-19(2,3)13-21(10-6-12-23)18(24)16-15-7-4-5-11-22(15)17(20-16)14-8-9-14/h4-5,7,11,14,23H,6,8-10,12-13H2,1-3H3. The van der Waals surface area contributed by atoms with Crippen molar-refractivity contribution < 1.29 is 9.90 Å². The minimum atomic E-state index is -0.0334. The number of hydrogen-bond acceptors (Lipinski definition) is 3. The van der Waals surface area contributed by atoms with E-state index < -0.39 is 0 Å². The lowest BCUT2D eigenvalue weighted by Crippen LogP contribution is -2.39. The molecule has 5 heteroatoms. The average molecular weight is 329 g/mol. The minimum Gasteiger partial charge on any atom is -0.396 e. The Kier molecular flexibility index (Phi) is 4.63. The fourth-order valence-corrected chi connectivity index (χ4v) is 3.08. The number of imidazole rings is 1. The highest BCUT2D eigenvalue weighted by Gasteiger charge is 2.32. The van der Waals surface area contributed by atoms with Crippen molar-refractivity contribution in [3.8, 4) is 0 Å².